The monoisotopic (exact) mass is 893 g/mol. The summed E-state index contributed by atoms with van der Waals surface area (Å²) in [7, 11) is 0. The highest BCUT2D eigenvalue weighted by Crippen LogP contribution is 2.14. The normalized spacial score (nSPS) is 12.6. The van der Waals surface area contributed by atoms with Gasteiger partial charge in [0.05, 0.1) is 0 Å². The first-order chi connectivity index (χ1) is 31.5. The van der Waals surface area contributed by atoms with E-state index in [9.17, 15) is 14.4 Å². The standard InChI is InChI=1S/C58H100O6/c1-4-7-10-13-16-19-22-25-27-29-31-33-36-39-42-45-48-51-57(60)63-54-55(53-62-56(59)50-47-44-41-38-35-32-24-21-18-15-12-9-6-3)64-58(61)52-49-46-43-40-37-34-30-28-26-23-20-17-14-11-8-5-2/h7,10,16,19,21,24-25,27-28,30-31,33,55H,4-6,8-9,11-15,17-18,20,22-23,26,29,32,34-54H2,1-3H3/b10-7-,19-16-,24-21-,27-25-,30-28-,33-31-. The fourth-order valence-electron chi connectivity index (χ4n) is 7.36. The molecule has 0 bridgehead atoms. The van der Waals surface area contributed by atoms with E-state index in [-0.39, 0.29) is 31.1 Å². The van der Waals surface area contributed by atoms with Crippen LogP contribution in [0.2, 0.25) is 0 Å². The van der Waals surface area contributed by atoms with Crippen molar-refractivity contribution >= 4 is 17.9 Å². The van der Waals surface area contributed by atoms with Gasteiger partial charge in [0.1, 0.15) is 13.2 Å². The van der Waals surface area contributed by atoms with Crippen molar-refractivity contribution in [2.24, 2.45) is 0 Å². The number of hydrogen-bond acceptors (Lipinski definition) is 6. The van der Waals surface area contributed by atoms with E-state index in [4.69, 9.17) is 14.2 Å². The van der Waals surface area contributed by atoms with Gasteiger partial charge in [0, 0.05) is 19.3 Å². The maximum absolute atomic E-state index is 12.8. The third-order valence-electron chi connectivity index (χ3n) is 11.4. The summed E-state index contributed by atoms with van der Waals surface area (Å²) in [5.74, 6) is -0.928. The molecule has 0 amide bonds. The molecule has 0 heterocycles. The van der Waals surface area contributed by atoms with Crippen molar-refractivity contribution in [3.05, 3.63) is 72.9 Å². The number of hydrogen-bond donors (Lipinski definition) is 0. The van der Waals surface area contributed by atoms with E-state index in [0.29, 0.717) is 19.3 Å². The van der Waals surface area contributed by atoms with Gasteiger partial charge in [-0.25, -0.2) is 0 Å². The number of esters is 3. The Hall–Kier alpha value is -3.15. The van der Waals surface area contributed by atoms with Gasteiger partial charge in [-0.3, -0.25) is 14.4 Å². The molecule has 0 aromatic carbocycles. The fraction of sp³-hybridized carbons (Fsp3) is 0.741. The molecule has 0 aliphatic rings. The summed E-state index contributed by atoms with van der Waals surface area (Å²) < 4.78 is 16.8. The lowest BCUT2D eigenvalue weighted by Crippen LogP contribution is -2.30. The molecule has 0 saturated heterocycles. The van der Waals surface area contributed by atoms with Crippen LogP contribution < -0.4 is 0 Å². The first-order valence-electron chi connectivity index (χ1n) is 26.9. The Bertz CT molecular complexity index is 1210. The predicted octanol–water partition coefficient (Wildman–Crippen LogP) is 17.8. The quantitative estimate of drug-likeness (QED) is 0.0262. The van der Waals surface area contributed by atoms with E-state index in [1.165, 1.54) is 103 Å². The minimum absolute atomic E-state index is 0.0909. The van der Waals surface area contributed by atoms with Crippen LogP contribution in [-0.4, -0.2) is 37.2 Å². The summed E-state index contributed by atoms with van der Waals surface area (Å²) in [5.41, 5.74) is 0. The van der Waals surface area contributed by atoms with Crippen LogP contribution in [0.1, 0.15) is 258 Å². The molecule has 0 aromatic rings. The molecule has 0 aromatic heterocycles. The van der Waals surface area contributed by atoms with Gasteiger partial charge in [-0.15, -0.1) is 0 Å². The highest BCUT2D eigenvalue weighted by atomic mass is 16.6. The molecule has 0 spiro atoms. The summed E-state index contributed by atoms with van der Waals surface area (Å²) >= 11 is 0. The summed E-state index contributed by atoms with van der Waals surface area (Å²) in [6.45, 7) is 6.48. The van der Waals surface area contributed by atoms with Crippen LogP contribution in [0.3, 0.4) is 0 Å². The minimum atomic E-state index is -0.793. The Labute approximate surface area is 395 Å². The van der Waals surface area contributed by atoms with E-state index in [0.717, 1.165) is 116 Å². The molecule has 0 radical (unpaired) electrons. The number of allylic oxidation sites excluding steroid dienone is 12. The Morgan fingerprint density at radius 1 is 0.328 bits per heavy atom. The molecule has 64 heavy (non-hydrogen) atoms. The zero-order valence-corrected chi connectivity index (χ0v) is 42.0. The van der Waals surface area contributed by atoms with Crippen LogP contribution in [0, 0.1) is 0 Å². The van der Waals surface area contributed by atoms with Crippen molar-refractivity contribution in [1.29, 1.82) is 0 Å². The lowest BCUT2D eigenvalue weighted by Gasteiger charge is -2.18. The van der Waals surface area contributed by atoms with E-state index in [1.54, 1.807) is 0 Å². The summed E-state index contributed by atoms with van der Waals surface area (Å²) in [6, 6.07) is 0. The summed E-state index contributed by atoms with van der Waals surface area (Å²) in [4.78, 5) is 38.0. The number of carbonyl (C=O) groups excluding carboxylic acids is 3. The average Bonchev–Trinajstić information content (AvgIpc) is 3.29. The zero-order chi connectivity index (χ0) is 46.5. The average molecular weight is 893 g/mol. The summed E-state index contributed by atoms with van der Waals surface area (Å²) in [6.07, 6.45) is 66.0. The lowest BCUT2D eigenvalue weighted by molar-refractivity contribution is -0.167. The van der Waals surface area contributed by atoms with Crippen molar-refractivity contribution in [3.8, 4) is 0 Å². The van der Waals surface area contributed by atoms with Crippen LogP contribution in [0.15, 0.2) is 72.9 Å². The van der Waals surface area contributed by atoms with Crippen LogP contribution in [-0.2, 0) is 28.6 Å². The van der Waals surface area contributed by atoms with Crippen molar-refractivity contribution in [3.63, 3.8) is 0 Å². The molecule has 6 heteroatoms. The van der Waals surface area contributed by atoms with Crippen LogP contribution in [0.25, 0.3) is 0 Å². The summed E-state index contributed by atoms with van der Waals surface area (Å²) in [5, 5.41) is 0. The number of ether oxygens (including phenoxy) is 3. The Kier molecular flexibility index (Phi) is 49.9. The second kappa shape index (κ2) is 52.5. The van der Waals surface area contributed by atoms with Gasteiger partial charge in [0.2, 0.25) is 0 Å². The van der Waals surface area contributed by atoms with E-state index >= 15 is 0 Å². The molecular formula is C58H100O6. The van der Waals surface area contributed by atoms with Gasteiger partial charge in [0.15, 0.2) is 6.10 Å². The maximum atomic E-state index is 12.8. The molecule has 1 unspecified atom stereocenters. The van der Waals surface area contributed by atoms with Crippen molar-refractivity contribution in [1.82, 2.24) is 0 Å². The van der Waals surface area contributed by atoms with E-state index in [1.807, 2.05) is 0 Å². The minimum Gasteiger partial charge on any atom is -0.462 e. The topological polar surface area (TPSA) is 78.9 Å². The predicted molar refractivity (Wildman–Crippen MR) is 274 cm³/mol. The molecule has 0 aliphatic heterocycles. The Morgan fingerprint density at radius 2 is 0.609 bits per heavy atom. The largest absolute Gasteiger partial charge is 0.462 e. The molecule has 0 N–H and O–H groups in total. The van der Waals surface area contributed by atoms with Crippen molar-refractivity contribution in [2.75, 3.05) is 13.2 Å². The molecule has 1 atom stereocenters. The van der Waals surface area contributed by atoms with Crippen molar-refractivity contribution < 1.29 is 28.6 Å². The van der Waals surface area contributed by atoms with Gasteiger partial charge in [-0.05, 0) is 109 Å². The highest BCUT2D eigenvalue weighted by molar-refractivity contribution is 5.71. The molecular weight excluding hydrogens is 793 g/mol. The highest BCUT2D eigenvalue weighted by Gasteiger charge is 2.19. The van der Waals surface area contributed by atoms with Gasteiger partial charge >= 0.3 is 17.9 Å². The number of rotatable bonds is 48. The first kappa shape index (κ1) is 60.9. The SMILES string of the molecule is CC/C=C\C/C=C\C/C=C\C/C=C\CCCCCCC(=O)OCC(COC(=O)CCCCCCC/C=C\CCCCCC)OC(=O)CCCCCCC/C=C\CCCCCCCCC. The third-order valence-corrected chi connectivity index (χ3v) is 11.4. The number of unbranched alkanes of at least 4 members (excludes halogenated alkanes) is 25. The number of carbonyl (C=O) groups is 3. The van der Waals surface area contributed by atoms with Gasteiger partial charge < -0.3 is 14.2 Å². The molecule has 6 nitrogen and oxygen atoms in total. The van der Waals surface area contributed by atoms with Gasteiger partial charge in [-0.1, -0.05) is 203 Å². The van der Waals surface area contributed by atoms with Gasteiger partial charge in [-0.2, -0.15) is 0 Å². The molecule has 0 rings (SSSR count). The third kappa shape index (κ3) is 49.9. The van der Waals surface area contributed by atoms with Crippen LogP contribution in [0.5, 0.6) is 0 Å². The van der Waals surface area contributed by atoms with Crippen LogP contribution >= 0.6 is 0 Å². The fourth-order valence-corrected chi connectivity index (χ4v) is 7.36. The molecule has 0 aliphatic carbocycles. The molecule has 0 fully saturated rings. The second-order valence-corrected chi connectivity index (χ2v) is 17.7. The Morgan fingerprint density at radius 3 is 0.984 bits per heavy atom. The van der Waals surface area contributed by atoms with E-state index < -0.39 is 6.10 Å². The molecule has 0 saturated carbocycles. The second-order valence-electron chi connectivity index (χ2n) is 17.7. The first-order valence-corrected chi connectivity index (χ1v) is 26.9. The van der Waals surface area contributed by atoms with Crippen molar-refractivity contribution in [2.45, 2.75) is 264 Å². The van der Waals surface area contributed by atoms with Gasteiger partial charge in [0.25, 0.3) is 0 Å². The molecule has 368 valence electrons. The lowest BCUT2D eigenvalue weighted by atomic mass is 10.1. The smallest absolute Gasteiger partial charge is 0.306 e. The van der Waals surface area contributed by atoms with Crippen LogP contribution in [0.4, 0.5) is 0 Å². The Balaban J connectivity index is 4.44. The maximum Gasteiger partial charge on any atom is 0.306 e. The van der Waals surface area contributed by atoms with E-state index in [2.05, 4.69) is 93.7 Å². The zero-order valence-electron chi connectivity index (χ0n) is 42.0.